The van der Waals surface area contributed by atoms with Crippen LogP contribution in [0.1, 0.15) is 20.7 Å². The van der Waals surface area contributed by atoms with E-state index in [1.165, 1.54) is 0 Å². The lowest BCUT2D eigenvalue weighted by Gasteiger charge is -2.06. The molecular weight excluding hydrogens is 318 g/mol. The molecule has 23 heavy (non-hydrogen) atoms. The van der Waals surface area contributed by atoms with Gasteiger partial charge in [0.25, 0.3) is 5.91 Å². The summed E-state index contributed by atoms with van der Waals surface area (Å²) >= 11 is 5.73. The zero-order chi connectivity index (χ0) is 16.7. The van der Waals surface area contributed by atoms with Crippen molar-refractivity contribution < 1.29 is 19.1 Å². The molecule has 0 aliphatic heterocycles. The Bertz CT molecular complexity index is 698. The van der Waals surface area contributed by atoms with Crippen molar-refractivity contribution in [1.29, 1.82) is 0 Å². The second-order valence-electron chi connectivity index (χ2n) is 4.64. The third-order valence-electron chi connectivity index (χ3n) is 2.96. The fraction of sp³-hybridized carbons (Fsp3) is 0.118. The number of amides is 1. The average molecular weight is 332 g/mol. The zero-order valence-corrected chi connectivity index (χ0v) is 12.9. The molecule has 0 spiro atoms. The number of Topliss-reactive ketones (excluding diaryl/α,β-unsaturated/α-hetero) is 1. The molecular formula is C17H14ClNO4. The van der Waals surface area contributed by atoms with Crippen molar-refractivity contribution in [2.75, 3.05) is 13.2 Å². The molecule has 2 aromatic rings. The van der Waals surface area contributed by atoms with Gasteiger partial charge in [-0.1, -0.05) is 29.8 Å². The molecule has 0 aliphatic rings. The monoisotopic (exact) mass is 331 g/mol. The van der Waals surface area contributed by atoms with Gasteiger partial charge < -0.3 is 10.1 Å². The molecule has 2 rings (SSSR count). The van der Waals surface area contributed by atoms with Crippen LogP contribution in [-0.4, -0.2) is 30.8 Å². The molecule has 118 valence electrons. The number of carbonyl (C=O) groups is 3. The maximum Gasteiger partial charge on any atom is 0.325 e. The number of carbonyl (C=O) groups excluding carboxylic acids is 3. The summed E-state index contributed by atoms with van der Waals surface area (Å²) in [7, 11) is 0. The first-order valence-corrected chi connectivity index (χ1v) is 7.21. The van der Waals surface area contributed by atoms with Gasteiger partial charge in [0.2, 0.25) is 0 Å². The predicted octanol–water partition coefficient (Wildman–Crippen LogP) is 2.50. The Balaban J connectivity index is 1.76. The van der Waals surface area contributed by atoms with E-state index in [0.717, 1.165) is 0 Å². The second kappa shape index (κ2) is 8.10. The summed E-state index contributed by atoms with van der Waals surface area (Å²) in [5, 5.41) is 2.94. The number of hydrogen-bond donors (Lipinski definition) is 1. The van der Waals surface area contributed by atoms with E-state index in [9.17, 15) is 14.4 Å². The summed E-state index contributed by atoms with van der Waals surface area (Å²) in [6.07, 6.45) is 0. The number of hydrogen-bond acceptors (Lipinski definition) is 4. The molecule has 0 unspecified atom stereocenters. The molecule has 0 aliphatic carbocycles. The van der Waals surface area contributed by atoms with Crippen LogP contribution in [0.25, 0.3) is 0 Å². The van der Waals surface area contributed by atoms with Crippen LogP contribution < -0.4 is 5.32 Å². The predicted molar refractivity (Wildman–Crippen MR) is 85.5 cm³/mol. The van der Waals surface area contributed by atoms with Crippen LogP contribution in [0, 0.1) is 0 Å². The summed E-state index contributed by atoms with van der Waals surface area (Å²) < 4.78 is 4.84. The van der Waals surface area contributed by atoms with Crippen LogP contribution >= 0.6 is 11.6 Å². The summed E-state index contributed by atoms with van der Waals surface area (Å²) in [5.41, 5.74) is 0.841. The van der Waals surface area contributed by atoms with Crippen LogP contribution in [0.4, 0.5) is 0 Å². The molecule has 0 saturated carbocycles. The highest BCUT2D eigenvalue weighted by atomic mass is 35.5. The number of rotatable bonds is 6. The van der Waals surface area contributed by atoms with Crippen LogP contribution in [0.15, 0.2) is 54.6 Å². The van der Waals surface area contributed by atoms with Gasteiger partial charge in [-0.3, -0.25) is 14.4 Å². The minimum atomic E-state index is -0.684. The van der Waals surface area contributed by atoms with Gasteiger partial charge in [0.05, 0.1) is 0 Å². The summed E-state index contributed by atoms with van der Waals surface area (Å²) in [6.45, 7) is -0.691. The quantitative estimate of drug-likeness (QED) is 0.652. The van der Waals surface area contributed by atoms with Crippen molar-refractivity contribution in [2.45, 2.75) is 0 Å². The van der Waals surface area contributed by atoms with Crippen LogP contribution in [0.5, 0.6) is 0 Å². The SMILES string of the molecule is O=C(CNC(=O)c1ccccc1)OCC(=O)c1ccc(Cl)cc1. The zero-order valence-electron chi connectivity index (χ0n) is 12.1. The molecule has 0 atom stereocenters. The fourth-order valence-corrected chi connectivity index (χ4v) is 1.89. The maximum atomic E-state index is 11.8. The van der Waals surface area contributed by atoms with E-state index in [-0.39, 0.29) is 24.8 Å². The number of nitrogens with one attached hydrogen (secondary N) is 1. The number of halogens is 1. The van der Waals surface area contributed by atoms with E-state index < -0.39 is 5.97 Å². The Morgan fingerprint density at radius 3 is 2.22 bits per heavy atom. The maximum absolute atomic E-state index is 11.8. The minimum absolute atomic E-state index is 0.304. The van der Waals surface area contributed by atoms with Gasteiger partial charge in [-0.15, -0.1) is 0 Å². The van der Waals surface area contributed by atoms with Crippen LogP contribution in [0.3, 0.4) is 0 Å². The van der Waals surface area contributed by atoms with Gasteiger partial charge in [-0.25, -0.2) is 0 Å². The van der Waals surface area contributed by atoms with Gasteiger partial charge in [-0.2, -0.15) is 0 Å². The molecule has 0 fully saturated rings. The fourth-order valence-electron chi connectivity index (χ4n) is 1.76. The Morgan fingerprint density at radius 1 is 0.913 bits per heavy atom. The van der Waals surface area contributed by atoms with Gasteiger partial charge in [-0.05, 0) is 36.4 Å². The van der Waals surface area contributed by atoms with Crippen molar-refractivity contribution in [1.82, 2.24) is 5.32 Å². The Morgan fingerprint density at radius 2 is 1.57 bits per heavy atom. The summed E-state index contributed by atoms with van der Waals surface area (Å²) in [5.74, 6) is -1.41. The Labute approximate surface area is 138 Å². The highest BCUT2D eigenvalue weighted by molar-refractivity contribution is 6.30. The Hall–Kier alpha value is -2.66. The molecule has 0 radical (unpaired) electrons. The average Bonchev–Trinajstić information content (AvgIpc) is 2.59. The number of ketones is 1. The van der Waals surface area contributed by atoms with E-state index in [1.807, 2.05) is 0 Å². The first-order valence-electron chi connectivity index (χ1n) is 6.84. The highest BCUT2D eigenvalue weighted by Gasteiger charge is 2.11. The molecule has 6 heteroatoms. The van der Waals surface area contributed by atoms with Crippen molar-refractivity contribution in [3.63, 3.8) is 0 Å². The molecule has 0 heterocycles. The summed E-state index contributed by atoms with van der Waals surface area (Å²) in [4.78, 5) is 35.1. The topological polar surface area (TPSA) is 72.5 Å². The second-order valence-corrected chi connectivity index (χ2v) is 5.08. The van der Waals surface area contributed by atoms with E-state index in [0.29, 0.717) is 16.1 Å². The lowest BCUT2D eigenvalue weighted by atomic mass is 10.1. The molecule has 0 aromatic heterocycles. The highest BCUT2D eigenvalue weighted by Crippen LogP contribution is 2.10. The van der Waals surface area contributed by atoms with Crippen molar-refractivity contribution in [2.24, 2.45) is 0 Å². The first-order chi connectivity index (χ1) is 11.1. The van der Waals surface area contributed by atoms with Crippen molar-refractivity contribution in [3.05, 3.63) is 70.7 Å². The van der Waals surface area contributed by atoms with Crippen molar-refractivity contribution in [3.8, 4) is 0 Å². The standard InChI is InChI=1S/C17H14ClNO4/c18-14-8-6-12(7-9-14)15(20)11-23-16(21)10-19-17(22)13-4-2-1-3-5-13/h1-9H,10-11H2,(H,19,22). The molecule has 0 saturated heterocycles. The number of esters is 1. The van der Waals surface area contributed by atoms with E-state index in [1.54, 1.807) is 54.6 Å². The van der Waals surface area contributed by atoms with E-state index >= 15 is 0 Å². The minimum Gasteiger partial charge on any atom is -0.456 e. The lowest BCUT2D eigenvalue weighted by molar-refractivity contribution is -0.141. The number of benzene rings is 2. The lowest BCUT2D eigenvalue weighted by Crippen LogP contribution is -2.31. The van der Waals surface area contributed by atoms with Crippen molar-refractivity contribution >= 4 is 29.3 Å². The summed E-state index contributed by atoms with van der Waals surface area (Å²) in [6, 6.07) is 14.7. The van der Waals surface area contributed by atoms with E-state index in [4.69, 9.17) is 16.3 Å². The third kappa shape index (κ3) is 5.23. The molecule has 0 bridgehead atoms. The van der Waals surface area contributed by atoms with Gasteiger partial charge in [0.15, 0.2) is 12.4 Å². The van der Waals surface area contributed by atoms with Crippen LogP contribution in [-0.2, 0) is 9.53 Å². The van der Waals surface area contributed by atoms with Gasteiger partial charge in [0, 0.05) is 16.1 Å². The smallest absolute Gasteiger partial charge is 0.325 e. The molecule has 2 aromatic carbocycles. The van der Waals surface area contributed by atoms with E-state index in [2.05, 4.69) is 5.32 Å². The Kier molecular flexibility index (Phi) is 5.88. The molecule has 1 N–H and O–H groups in total. The largest absolute Gasteiger partial charge is 0.456 e. The number of ether oxygens (including phenoxy) is 1. The first kappa shape index (κ1) is 16.7. The van der Waals surface area contributed by atoms with Gasteiger partial charge in [0.1, 0.15) is 6.54 Å². The molecule has 5 nitrogen and oxygen atoms in total. The van der Waals surface area contributed by atoms with Crippen LogP contribution in [0.2, 0.25) is 5.02 Å². The molecule has 1 amide bonds. The third-order valence-corrected chi connectivity index (χ3v) is 3.21. The normalized spacial score (nSPS) is 9.96. The van der Waals surface area contributed by atoms with Gasteiger partial charge >= 0.3 is 5.97 Å².